The zero-order chi connectivity index (χ0) is 27.0. The number of nitrogens with zero attached hydrogens (tertiary/aromatic N) is 3. The van der Waals surface area contributed by atoms with Crippen LogP contribution in [0.25, 0.3) is 0 Å². The van der Waals surface area contributed by atoms with E-state index in [1.165, 1.54) is 11.1 Å². The van der Waals surface area contributed by atoms with Crippen LogP contribution in [-0.4, -0.2) is 58.6 Å². The van der Waals surface area contributed by atoms with E-state index in [0.717, 1.165) is 80.5 Å². The molecule has 0 bridgehead atoms. The number of methoxy groups -OCH3 is 1. The molecule has 1 atom stereocenters. The predicted molar refractivity (Wildman–Crippen MR) is 150 cm³/mol. The topological polar surface area (TPSA) is 69.0 Å². The van der Waals surface area contributed by atoms with Gasteiger partial charge < -0.3 is 23.9 Å². The van der Waals surface area contributed by atoms with E-state index in [0.29, 0.717) is 19.6 Å². The van der Waals surface area contributed by atoms with Crippen molar-refractivity contribution in [3.8, 4) is 17.2 Å². The maximum atomic E-state index is 11.3. The highest BCUT2D eigenvalue weighted by Crippen LogP contribution is 2.30. The minimum atomic E-state index is -0.812. The molecular weight excluding hydrogens is 478 g/mol. The van der Waals surface area contributed by atoms with Gasteiger partial charge in [-0.25, -0.2) is 4.98 Å². The molecule has 0 aliphatic carbocycles. The third-order valence-electron chi connectivity index (χ3n) is 7.39. The number of likely N-dealkylation sites (tertiary alicyclic amines) is 1. The van der Waals surface area contributed by atoms with Gasteiger partial charge in [-0.3, -0.25) is 4.90 Å². The van der Waals surface area contributed by atoms with Gasteiger partial charge in [0.05, 0.1) is 19.3 Å². The van der Waals surface area contributed by atoms with Crippen molar-refractivity contribution in [3.05, 3.63) is 71.3 Å². The van der Waals surface area contributed by atoms with Crippen molar-refractivity contribution in [1.82, 2.24) is 14.5 Å². The lowest BCUT2D eigenvalue weighted by atomic mass is 9.96. The fourth-order valence-electron chi connectivity index (χ4n) is 5.18. The number of aromatic nitrogens is 2. The molecule has 1 saturated heterocycles. The average molecular weight is 522 g/mol. The van der Waals surface area contributed by atoms with E-state index in [2.05, 4.69) is 59.5 Å². The summed E-state index contributed by atoms with van der Waals surface area (Å²) < 4.78 is 19.9. The van der Waals surface area contributed by atoms with Crippen LogP contribution in [0.1, 0.15) is 55.1 Å². The Labute approximate surface area is 227 Å². The quantitative estimate of drug-likeness (QED) is 0.325. The zero-order valence-corrected chi connectivity index (χ0v) is 23.4. The van der Waals surface area contributed by atoms with Gasteiger partial charge in [0.15, 0.2) is 11.5 Å². The second-order valence-corrected chi connectivity index (χ2v) is 10.5. The summed E-state index contributed by atoms with van der Waals surface area (Å²) in [6, 6.07) is 12.3. The SMILES string of the molecule is CCc1nccn1CCCOc1cc(CN2CCC[C@](O)(COc3ccc(C)cc3C)CC2)ccc1OC. The first-order valence-electron chi connectivity index (χ1n) is 13.8. The Hall–Kier alpha value is -3.03. The first-order valence-corrected chi connectivity index (χ1v) is 13.8. The van der Waals surface area contributed by atoms with E-state index in [1.54, 1.807) is 7.11 Å². The maximum Gasteiger partial charge on any atom is 0.161 e. The summed E-state index contributed by atoms with van der Waals surface area (Å²) in [5.74, 6) is 3.48. The highest BCUT2D eigenvalue weighted by atomic mass is 16.5. The summed E-state index contributed by atoms with van der Waals surface area (Å²) in [6.07, 6.45) is 8.06. The normalized spacial score (nSPS) is 18.2. The number of hydrogen-bond donors (Lipinski definition) is 1. The lowest BCUT2D eigenvalue weighted by Gasteiger charge is -2.27. The molecule has 1 fully saturated rings. The van der Waals surface area contributed by atoms with Crippen LogP contribution in [0.5, 0.6) is 17.2 Å². The molecule has 0 saturated carbocycles. The van der Waals surface area contributed by atoms with Crippen molar-refractivity contribution in [1.29, 1.82) is 0 Å². The number of benzene rings is 2. The molecule has 206 valence electrons. The Bertz CT molecular complexity index is 1180. The van der Waals surface area contributed by atoms with E-state index >= 15 is 0 Å². The summed E-state index contributed by atoms with van der Waals surface area (Å²) >= 11 is 0. The molecule has 2 heterocycles. The Morgan fingerprint density at radius 1 is 1.00 bits per heavy atom. The highest BCUT2D eigenvalue weighted by molar-refractivity contribution is 5.43. The minimum absolute atomic E-state index is 0.323. The van der Waals surface area contributed by atoms with Gasteiger partial charge in [0, 0.05) is 38.4 Å². The van der Waals surface area contributed by atoms with Crippen molar-refractivity contribution < 1.29 is 19.3 Å². The molecule has 3 aromatic rings. The van der Waals surface area contributed by atoms with Gasteiger partial charge in [0.1, 0.15) is 18.2 Å². The van der Waals surface area contributed by atoms with Gasteiger partial charge in [-0.1, -0.05) is 30.7 Å². The number of rotatable bonds is 12. The number of ether oxygens (including phenoxy) is 3. The summed E-state index contributed by atoms with van der Waals surface area (Å²) in [6.45, 7) is 10.6. The fourth-order valence-corrected chi connectivity index (χ4v) is 5.18. The van der Waals surface area contributed by atoms with E-state index in [4.69, 9.17) is 14.2 Å². The van der Waals surface area contributed by atoms with Crippen LogP contribution < -0.4 is 14.2 Å². The van der Waals surface area contributed by atoms with Gasteiger partial charge in [-0.05, 0) is 75.4 Å². The molecule has 38 heavy (non-hydrogen) atoms. The molecule has 1 aliphatic rings. The minimum Gasteiger partial charge on any atom is -0.493 e. The highest BCUT2D eigenvalue weighted by Gasteiger charge is 2.31. The predicted octanol–water partition coefficient (Wildman–Crippen LogP) is 5.34. The van der Waals surface area contributed by atoms with Crippen molar-refractivity contribution in [3.63, 3.8) is 0 Å². The Morgan fingerprint density at radius 3 is 2.63 bits per heavy atom. The smallest absolute Gasteiger partial charge is 0.161 e. The lowest BCUT2D eigenvalue weighted by Crippen LogP contribution is -2.37. The standard InChI is InChI=1S/C31H43N3O4/c1-5-30-32-14-18-34(30)16-7-19-37-29-21-26(9-11-28(29)36-4)22-33-15-6-12-31(35,13-17-33)23-38-27-10-8-24(2)20-25(27)3/h8-11,14,18,20-21,35H,5-7,12-13,15-17,19,22-23H2,1-4H3/t31-/m1/s1. The summed E-state index contributed by atoms with van der Waals surface area (Å²) in [7, 11) is 1.68. The molecular formula is C31H43N3O4. The zero-order valence-electron chi connectivity index (χ0n) is 23.4. The number of imidazole rings is 1. The van der Waals surface area contributed by atoms with Crippen LogP contribution in [0, 0.1) is 13.8 Å². The largest absolute Gasteiger partial charge is 0.493 e. The Kier molecular flexibility index (Phi) is 9.69. The van der Waals surface area contributed by atoms with Crippen LogP contribution in [-0.2, 0) is 19.5 Å². The van der Waals surface area contributed by atoms with Gasteiger partial charge in [-0.2, -0.15) is 0 Å². The van der Waals surface area contributed by atoms with Crippen LogP contribution in [0.3, 0.4) is 0 Å². The maximum absolute atomic E-state index is 11.3. The Balaban J connectivity index is 1.29. The van der Waals surface area contributed by atoms with E-state index in [1.807, 2.05) is 24.5 Å². The van der Waals surface area contributed by atoms with Crippen molar-refractivity contribution in [2.45, 2.75) is 71.6 Å². The second-order valence-electron chi connectivity index (χ2n) is 10.5. The molecule has 0 radical (unpaired) electrons. The van der Waals surface area contributed by atoms with E-state index < -0.39 is 5.60 Å². The Morgan fingerprint density at radius 2 is 1.84 bits per heavy atom. The number of aliphatic hydroxyl groups is 1. The number of hydrogen-bond acceptors (Lipinski definition) is 6. The first kappa shape index (κ1) is 28.0. The monoisotopic (exact) mass is 521 g/mol. The molecule has 0 amide bonds. The summed E-state index contributed by atoms with van der Waals surface area (Å²) in [5.41, 5.74) is 2.69. The molecule has 0 spiro atoms. The fraction of sp³-hybridized carbons (Fsp3) is 0.516. The average Bonchev–Trinajstić information content (AvgIpc) is 3.29. The lowest BCUT2D eigenvalue weighted by molar-refractivity contribution is -0.0170. The van der Waals surface area contributed by atoms with Crippen molar-refractivity contribution >= 4 is 0 Å². The molecule has 0 unspecified atom stereocenters. The second kappa shape index (κ2) is 13.2. The molecule has 4 rings (SSSR count). The molecule has 7 nitrogen and oxygen atoms in total. The number of aryl methyl sites for hydroxylation is 4. The third kappa shape index (κ3) is 7.51. The van der Waals surface area contributed by atoms with Crippen molar-refractivity contribution in [2.24, 2.45) is 0 Å². The van der Waals surface area contributed by atoms with Crippen LogP contribution in [0.2, 0.25) is 0 Å². The first-order chi connectivity index (χ1) is 18.4. The van der Waals surface area contributed by atoms with E-state index in [-0.39, 0.29) is 0 Å². The molecule has 2 aromatic carbocycles. The van der Waals surface area contributed by atoms with Gasteiger partial charge >= 0.3 is 0 Å². The van der Waals surface area contributed by atoms with Crippen molar-refractivity contribution in [2.75, 3.05) is 33.4 Å². The van der Waals surface area contributed by atoms with Crippen LogP contribution in [0.4, 0.5) is 0 Å². The van der Waals surface area contributed by atoms with Gasteiger partial charge in [0.25, 0.3) is 0 Å². The molecule has 1 N–H and O–H groups in total. The summed E-state index contributed by atoms with van der Waals surface area (Å²) in [5, 5.41) is 11.3. The summed E-state index contributed by atoms with van der Waals surface area (Å²) in [4.78, 5) is 6.80. The van der Waals surface area contributed by atoms with E-state index in [9.17, 15) is 5.11 Å². The molecule has 7 heteroatoms. The third-order valence-corrected chi connectivity index (χ3v) is 7.39. The van der Waals surface area contributed by atoms with Gasteiger partial charge in [-0.15, -0.1) is 0 Å². The van der Waals surface area contributed by atoms with Crippen LogP contribution in [0.15, 0.2) is 48.8 Å². The van der Waals surface area contributed by atoms with Gasteiger partial charge in [0.2, 0.25) is 0 Å². The molecule has 1 aliphatic heterocycles. The van der Waals surface area contributed by atoms with Crippen LogP contribution >= 0.6 is 0 Å². The molecule has 1 aromatic heterocycles.